The predicted octanol–water partition coefficient (Wildman–Crippen LogP) is 4.02. The summed E-state index contributed by atoms with van der Waals surface area (Å²) in [6.45, 7) is 5.73. The smallest absolute Gasteiger partial charge is 0.308 e. The number of aryl methyl sites for hydroxylation is 2. The van der Waals surface area contributed by atoms with Crippen LogP contribution in [0.4, 0.5) is 20.6 Å². The standard InChI is InChI=1S/C17H16ClFN6O/c1-9-10(2)25(11(3)22-9)16-20-7-13(8-21-16)24-17(26)23-12-4-5-15(19)14(18)6-12/h4-8H,1-3H3,(H2,23,24,26). The lowest BCUT2D eigenvalue weighted by atomic mass is 10.3. The molecular formula is C17H16ClFN6O. The zero-order chi connectivity index (χ0) is 18.8. The summed E-state index contributed by atoms with van der Waals surface area (Å²) in [5, 5.41) is 5.08. The number of halogens is 2. The second-order valence-corrected chi connectivity index (χ2v) is 6.05. The van der Waals surface area contributed by atoms with E-state index >= 15 is 0 Å². The van der Waals surface area contributed by atoms with Crippen LogP contribution in [0, 0.1) is 26.6 Å². The largest absolute Gasteiger partial charge is 0.323 e. The van der Waals surface area contributed by atoms with Gasteiger partial charge in [-0.2, -0.15) is 0 Å². The van der Waals surface area contributed by atoms with Gasteiger partial charge >= 0.3 is 6.03 Å². The van der Waals surface area contributed by atoms with E-state index in [4.69, 9.17) is 11.6 Å². The van der Waals surface area contributed by atoms with Crippen molar-refractivity contribution in [3.05, 3.63) is 58.6 Å². The van der Waals surface area contributed by atoms with E-state index in [0.717, 1.165) is 17.2 Å². The Morgan fingerprint density at radius 2 is 1.77 bits per heavy atom. The first kappa shape index (κ1) is 17.8. The summed E-state index contributed by atoms with van der Waals surface area (Å²) in [4.78, 5) is 24.9. The highest BCUT2D eigenvalue weighted by Gasteiger charge is 2.12. The quantitative estimate of drug-likeness (QED) is 0.725. The third-order valence-corrected chi connectivity index (χ3v) is 4.08. The summed E-state index contributed by atoms with van der Waals surface area (Å²) >= 11 is 5.69. The van der Waals surface area contributed by atoms with Gasteiger partial charge in [0.2, 0.25) is 5.95 Å². The first-order chi connectivity index (χ1) is 12.3. The summed E-state index contributed by atoms with van der Waals surface area (Å²) in [5.41, 5.74) is 2.64. The Bertz CT molecular complexity index is 970. The number of imidazole rings is 1. The summed E-state index contributed by atoms with van der Waals surface area (Å²) in [5.74, 6) is 0.699. The van der Waals surface area contributed by atoms with E-state index in [1.165, 1.54) is 30.6 Å². The van der Waals surface area contributed by atoms with Crippen LogP contribution in [-0.2, 0) is 0 Å². The van der Waals surface area contributed by atoms with Crippen LogP contribution in [0.1, 0.15) is 17.2 Å². The third kappa shape index (κ3) is 3.65. The number of urea groups is 1. The summed E-state index contributed by atoms with van der Waals surface area (Å²) in [6, 6.07) is 3.39. The molecule has 0 aliphatic carbocycles. The molecule has 2 N–H and O–H groups in total. The molecule has 3 aromatic rings. The van der Waals surface area contributed by atoms with Gasteiger partial charge in [0.25, 0.3) is 0 Å². The van der Waals surface area contributed by atoms with Crippen LogP contribution in [0.25, 0.3) is 5.95 Å². The van der Waals surface area contributed by atoms with Gasteiger partial charge in [0.1, 0.15) is 11.6 Å². The third-order valence-electron chi connectivity index (χ3n) is 3.79. The van der Waals surface area contributed by atoms with Gasteiger partial charge in [-0.3, -0.25) is 4.57 Å². The lowest BCUT2D eigenvalue weighted by Crippen LogP contribution is -2.20. The van der Waals surface area contributed by atoms with Gasteiger partial charge in [0, 0.05) is 11.4 Å². The van der Waals surface area contributed by atoms with Crippen molar-refractivity contribution in [2.45, 2.75) is 20.8 Å². The minimum atomic E-state index is -0.554. The fourth-order valence-corrected chi connectivity index (χ4v) is 2.62. The Labute approximate surface area is 154 Å². The van der Waals surface area contributed by atoms with Gasteiger partial charge < -0.3 is 10.6 Å². The first-order valence-electron chi connectivity index (χ1n) is 7.73. The van der Waals surface area contributed by atoms with Crippen molar-refractivity contribution in [2.24, 2.45) is 0 Å². The highest BCUT2D eigenvalue weighted by atomic mass is 35.5. The van der Waals surface area contributed by atoms with Crippen molar-refractivity contribution < 1.29 is 9.18 Å². The number of carbonyl (C=O) groups excluding carboxylic acids is 1. The molecule has 0 bridgehead atoms. The number of rotatable bonds is 3. The number of benzene rings is 1. The lowest BCUT2D eigenvalue weighted by Gasteiger charge is -2.09. The molecule has 2 amide bonds. The SMILES string of the molecule is Cc1nc(C)n(-c2ncc(NC(=O)Nc3ccc(F)c(Cl)c3)cn2)c1C. The van der Waals surface area contributed by atoms with Gasteiger partial charge in [0.05, 0.1) is 28.8 Å². The maximum Gasteiger partial charge on any atom is 0.323 e. The van der Waals surface area contributed by atoms with Crippen molar-refractivity contribution in [3.8, 4) is 5.95 Å². The van der Waals surface area contributed by atoms with E-state index in [1.54, 1.807) is 0 Å². The van der Waals surface area contributed by atoms with E-state index in [0.29, 0.717) is 17.3 Å². The fraction of sp³-hybridized carbons (Fsp3) is 0.176. The molecule has 0 saturated heterocycles. The monoisotopic (exact) mass is 374 g/mol. The number of nitrogens with zero attached hydrogens (tertiary/aromatic N) is 4. The zero-order valence-corrected chi connectivity index (χ0v) is 15.1. The van der Waals surface area contributed by atoms with E-state index in [2.05, 4.69) is 25.6 Å². The topological polar surface area (TPSA) is 84.7 Å². The highest BCUT2D eigenvalue weighted by Crippen LogP contribution is 2.20. The molecule has 0 spiro atoms. The van der Waals surface area contributed by atoms with Gasteiger partial charge in [-0.15, -0.1) is 0 Å². The number of carbonyl (C=O) groups is 1. The number of amides is 2. The molecular weight excluding hydrogens is 359 g/mol. The molecule has 0 fully saturated rings. The van der Waals surface area contributed by atoms with Crippen molar-refractivity contribution in [2.75, 3.05) is 10.6 Å². The molecule has 0 atom stereocenters. The number of nitrogens with one attached hydrogen (secondary N) is 2. The molecule has 0 aliphatic rings. The molecule has 0 saturated carbocycles. The molecule has 2 aromatic heterocycles. The maximum atomic E-state index is 13.1. The van der Waals surface area contributed by atoms with Crippen molar-refractivity contribution in [1.29, 1.82) is 0 Å². The van der Waals surface area contributed by atoms with E-state index in [9.17, 15) is 9.18 Å². The van der Waals surface area contributed by atoms with Crippen molar-refractivity contribution in [1.82, 2.24) is 19.5 Å². The molecule has 9 heteroatoms. The van der Waals surface area contributed by atoms with Gasteiger partial charge in [-0.25, -0.2) is 24.1 Å². The second kappa shape index (κ2) is 7.09. The number of aromatic nitrogens is 4. The van der Waals surface area contributed by atoms with Crippen LogP contribution in [0.3, 0.4) is 0 Å². The first-order valence-corrected chi connectivity index (χ1v) is 8.11. The molecule has 0 aliphatic heterocycles. The summed E-state index contributed by atoms with van der Waals surface area (Å²) in [7, 11) is 0. The average Bonchev–Trinajstić information content (AvgIpc) is 2.84. The number of hydrogen-bond donors (Lipinski definition) is 2. The minimum Gasteiger partial charge on any atom is -0.308 e. The lowest BCUT2D eigenvalue weighted by molar-refractivity contribution is 0.262. The fourth-order valence-electron chi connectivity index (χ4n) is 2.44. The molecule has 0 unspecified atom stereocenters. The van der Waals surface area contributed by atoms with Crippen LogP contribution in [0.2, 0.25) is 5.02 Å². The van der Waals surface area contributed by atoms with E-state index in [1.807, 2.05) is 25.3 Å². The van der Waals surface area contributed by atoms with Crippen LogP contribution >= 0.6 is 11.6 Å². The Hall–Kier alpha value is -3.00. The van der Waals surface area contributed by atoms with Crippen molar-refractivity contribution >= 4 is 29.0 Å². The molecule has 2 heterocycles. The Morgan fingerprint density at radius 3 is 2.35 bits per heavy atom. The van der Waals surface area contributed by atoms with Crippen LogP contribution in [0.5, 0.6) is 0 Å². The molecule has 134 valence electrons. The minimum absolute atomic E-state index is 0.0724. The highest BCUT2D eigenvalue weighted by molar-refractivity contribution is 6.31. The van der Waals surface area contributed by atoms with Crippen LogP contribution < -0.4 is 10.6 Å². The maximum absolute atomic E-state index is 13.1. The number of anilines is 2. The molecule has 26 heavy (non-hydrogen) atoms. The molecule has 1 aromatic carbocycles. The Kier molecular flexibility index (Phi) is 4.85. The number of hydrogen-bond acceptors (Lipinski definition) is 4. The van der Waals surface area contributed by atoms with E-state index in [-0.39, 0.29) is 5.02 Å². The summed E-state index contributed by atoms with van der Waals surface area (Å²) in [6.07, 6.45) is 2.99. The molecule has 3 rings (SSSR count). The van der Waals surface area contributed by atoms with Gasteiger partial charge in [0.15, 0.2) is 0 Å². The van der Waals surface area contributed by atoms with E-state index < -0.39 is 11.8 Å². The van der Waals surface area contributed by atoms with Crippen LogP contribution in [-0.4, -0.2) is 25.6 Å². The average molecular weight is 375 g/mol. The second-order valence-electron chi connectivity index (χ2n) is 5.64. The van der Waals surface area contributed by atoms with Gasteiger partial charge in [-0.05, 0) is 39.0 Å². The molecule has 0 radical (unpaired) electrons. The van der Waals surface area contributed by atoms with Crippen molar-refractivity contribution in [3.63, 3.8) is 0 Å². The van der Waals surface area contributed by atoms with Crippen LogP contribution in [0.15, 0.2) is 30.6 Å². The normalized spacial score (nSPS) is 10.7. The van der Waals surface area contributed by atoms with Gasteiger partial charge in [-0.1, -0.05) is 11.6 Å². The predicted molar refractivity (Wildman–Crippen MR) is 97.4 cm³/mol. The summed E-state index contributed by atoms with van der Waals surface area (Å²) < 4.78 is 15.0. The molecule has 7 nitrogen and oxygen atoms in total. The zero-order valence-electron chi connectivity index (χ0n) is 14.3. The Balaban J connectivity index is 1.71. The Morgan fingerprint density at radius 1 is 1.12 bits per heavy atom.